The largest absolute Gasteiger partial charge is 0.443 e. The van der Waals surface area contributed by atoms with Crippen LogP contribution in [0.1, 0.15) is 5.69 Å². The summed E-state index contributed by atoms with van der Waals surface area (Å²) in [5.41, 5.74) is 9.98. The lowest BCUT2D eigenvalue weighted by Crippen LogP contribution is -2.03. The minimum absolute atomic E-state index is 0.585. The molecule has 0 spiro atoms. The van der Waals surface area contributed by atoms with Gasteiger partial charge in [0.05, 0.1) is 10.2 Å². The van der Waals surface area contributed by atoms with Gasteiger partial charge < -0.3 is 10.2 Å². The summed E-state index contributed by atoms with van der Waals surface area (Å²) in [5, 5.41) is 7.30. The zero-order chi connectivity index (χ0) is 12.5. The van der Waals surface area contributed by atoms with Gasteiger partial charge in [-0.3, -0.25) is 5.10 Å². The van der Waals surface area contributed by atoms with Crippen molar-refractivity contribution in [2.24, 2.45) is 5.73 Å². The molecule has 0 fully saturated rings. The second-order valence-corrected chi connectivity index (χ2v) is 4.73. The summed E-state index contributed by atoms with van der Waals surface area (Å²) in [4.78, 5) is 4.09. The third kappa shape index (κ3) is 1.83. The number of nitrogens with zero attached hydrogens (tertiary/aromatic N) is 2. The van der Waals surface area contributed by atoms with E-state index in [1.54, 1.807) is 0 Å². The Morgan fingerprint density at radius 3 is 3.11 bits per heavy atom. The van der Waals surface area contributed by atoms with E-state index >= 15 is 0 Å². The molecule has 6 heteroatoms. The lowest BCUT2D eigenvalue weighted by molar-refractivity contribution is 0.602. The molecule has 18 heavy (non-hydrogen) atoms. The number of hydrogen-bond donors (Lipinski definition) is 2. The highest BCUT2D eigenvalue weighted by atomic mass is 79.9. The summed E-state index contributed by atoms with van der Waals surface area (Å²) in [6.45, 7) is 0.585. The van der Waals surface area contributed by atoms with Crippen molar-refractivity contribution in [2.45, 2.75) is 6.42 Å². The van der Waals surface area contributed by atoms with Crippen LogP contribution in [-0.4, -0.2) is 21.7 Å². The van der Waals surface area contributed by atoms with E-state index in [1.807, 2.05) is 18.2 Å². The number of halogens is 1. The molecule has 2 aromatic heterocycles. The second kappa shape index (κ2) is 4.55. The third-order valence-corrected chi connectivity index (χ3v) is 3.63. The van der Waals surface area contributed by atoms with Gasteiger partial charge in [-0.25, -0.2) is 4.98 Å². The van der Waals surface area contributed by atoms with Crippen LogP contribution in [0.2, 0.25) is 0 Å². The Kier molecular flexibility index (Phi) is 2.89. The Morgan fingerprint density at radius 2 is 2.28 bits per heavy atom. The molecule has 0 atom stereocenters. The lowest BCUT2D eigenvalue weighted by Gasteiger charge is -1.98. The molecule has 0 radical (unpaired) electrons. The van der Waals surface area contributed by atoms with Crippen LogP contribution < -0.4 is 5.73 Å². The number of fused-ring (bicyclic) bond motifs is 1. The van der Waals surface area contributed by atoms with Crippen LogP contribution in [0.4, 0.5) is 0 Å². The summed E-state index contributed by atoms with van der Waals surface area (Å²) >= 11 is 3.55. The highest BCUT2D eigenvalue weighted by Gasteiger charge is 2.13. The number of aromatic nitrogens is 3. The molecule has 0 saturated heterocycles. The van der Waals surface area contributed by atoms with E-state index in [-0.39, 0.29) is 0 Å². The standard InChI is InChI=1S/C12H11BrN4O/c13-11-9(3-4-14)16-17-12(11)7-1-2-8-10(5-7)18-6-15-8/h1-2,5-6H,3-4,14H2,(H,16,17). The van der Waals surface area contributed by atoms with Crippen LogP contribution in [0.3, 0.4) is 0 Å². The summed E-state index contributed by atoms with van der Waals surface area (Å²) < 4.78 is 6.24. The summed E-state index contributed by atoms with van der Waals surface area (Å²) in [7, 11) is 0. The van der Waals surface area contributed by atoms with E-state index in [0.717, 1.165) is 38.9 Å². The maximum atomic E-state index is 5.55. The van der Waals surface area contributed by atoms with Gasteiger partial charge in [0.2, 0.25) is 0 Å². The lowest BCUT2D eigenvalue weighted by atomic mass is 10.1. The Bertz CT molecular complexity index is 688. The smallest absolute Gasteiger partial charge is 0.181 e. The van der Waals surface area contributed by atoms with Crippen LogP contribution >= 0.6 is 15.9 Å². The fourth-order valence-electron chi connectivity index (χ4n) is 1.87. The summed E-state index contributed by atoms with van der Waals surface area (Å²) in [6.07, 6.45) is 2.20. The molecule has 0 aliphatic rings. The average molecular weight is 307 g/mol. The first-order chi connectivity index (χ1) is 8.79. The van der Waals surface area contributed by atoms with Gasteiger partial charge in [-0.15, -0.1) is 0 Å². The van der Waals surface area contributed by atoms with Crippen LogP contribution in [-0.2, 0) is 6.42 Å². The number of oxazole rings is 1. The molecular weight excluding hydrogens is 296 g/mol. The number of hydrogen-bond acceptors (Lipinski definition) is 4. The molecular formula is C12H11BrN4O. The minimum atomic E-state index is 0.585. The topological polar surface area (TPSA) is 80.7 Å². The first kappa shape index (κ1) is 11.4. The van der Waals surface area contributed by atoms with E-state index in [9.17, 15) is 0 Å². The van der Waals surface area contributed by atoms with Gasteiger partial charge in [-0.1, -0.05) is 6.07 Å². The molecule has 0 bridgehead atoms. The molecule has 3 rings (SSSR count). The molecule has 2 heterocycles. The normalized spacial score (nSPS) is 11.2. The van der Waals surface area contributed by atoms with Gasteiger partial charge >= 0.3 is 0 Å². The van der Waals surface area contributed by atoms with E-state index in [4.69, 9.17) is 10.2 Å². The average Bonchev–Trinajstić information content (AvgIpc) is 2.97. The predicted octanol–water partition coefficient (Wildman–Crippen LogP) is 2.48. The number of benzene rings is 1. The number of nitrogens with two attached hydrogens (primary N) is 1. The van der Waals surface area contributed by atoms with Crippen molar-refractivity contribution in [2.75, 3.05) is 6.54 Å². The van der Waals surface area contributed by atoms with Crippen molar-refractivity contribution in [1.29, 1.82) is 0 Å². The molecule has 0 saturated carbocycles. The fourth-order valence-corrected chi connectivity index (χ4v) is 2.47. The van der Waals surface area contributed by atoms with E-state index in [1.165, 1.54) is 6.39 Å². The van der Waals surface area contributed by atoms with E-state index in [2.05, 4.69) is 31.1 Å². The quantitative estimate of drug-likeness (QED) is 0.779. The molecule has 5 nitrogen and oxygen atoms in total. The maximum absolute atomic E-state index is 5.55. The van der Waals surface area contributed by atoms with Gasteiger partial charge in [-0.05, 0) is 34.6 Å². The van der Waals surface area contributed by atoms with Gasteiger partial charge in [0.25, 0.3) is 0 Å². The van der Waals surface area contributed by atoms with Crippen molar-refractivity contribution >= 4 is 27.0 Å². The van der Waals surface area contributed by atoms with Gasteiger partial charge in [0.15, 0.2) is 12.0 Å². The SMILES string of the molecule is NCCc1[nH]nc(-c2ccc3ncoc3c2)c1Br. The Balaban J connectivity index is 2.07. The van der Waals surface area contributed by atoms with E-state index in [0.29, 0.717) is 6.54 Å². The molecule has 0 aliphatic carbocycles. The van der Waals surface area contributed by atoms with Crippen LogP contribution in [0, 0.1) is 0 Å². The number of H-pyrrole nitrogens is 1. The van der Waals surface area contributed by atoms with E-state index < -0.39 is 0 Å². The fraction of sp³-hybridized carbons (Fsp3) is 0.167. The Hall–Kier alpha value is -1.66. The highest BCUT2D eigenvalue weighted by molar-refractivity contribution is 9.10. The molecule has 92 valence electrons. The molecule has 0 aliphatic heterocycles. The Morgan fingerprint density at radius 1 is 1.39 bits per heavy atom. The van der Waals surface area contributed by atoms with Crippen molar-refractivity contribution in [3.8, 4) is 11.3 Å². The van der Waals surface area contributed by atoms with Crippen LogP contribution in [0.15, 0.2) is 33.5 Å². The summed E-state index contributed by atoms with van der Waals surface area (Å²) in [6, 6.07) is 5.81. The van der Waals surface area contributed by atoms with Crippen molar-refractivity contribution < 1.29 is 4.42 Å². The molecule has 0 amide bonds. The summed E-state index contributed by atoms with van der Waals surface area (Å²) in [5.74, 6) is 0. The predicted molar refractivity (Wildman–Crippen MR) is 72.0 cm³/mol. The number of rotatable bonds is 3. The van der Waals surface area contributed by atoms with Crippen LogP contribution in [0.25, 0.3) is 22.4 Å². The van der Waals surface area contributed by atoms with Crippen molar-refractivity contribution in [1.82, 2.24) is 15.2 Å². The first-order valence-corrected chi connectivity index (χ1v) is 6.35. The van der Waals surface area contributed by atoms with Crippen LogP contribution in [0.5, 0.6) is 0 Å². The molecule has 3 aromatic rings. The van der Waals surface area contributed by atoms with Crippen molar-refractivity contribution in [3.63, 3.8) is 0 Å². The van der Waals surface area contributed by atoms with Gasteiger partial charge in [0.1, 0.15) is 11.2 Å². The second-order valence-electron chi connectivity index (χ2n) is 3.94. The Labute approximate surface area is 112 Å². The minimum Gasteiger partial charge on any atom is -0.443 e. The monoisotopic (exact) mass is 306 g/mol. The number of aromatic amines is 1. The number of nitrogens with one attached hydrogen (secondary N) is 1. The van der Waals surface area contributed by atoms with Gasteiger partial charge in [-0.2, -0.15) is 5.10 Å². The first-order valence-electron chi connectivity index (χ1n) is 5.56. The molecule has 0 unspecified atom stereocenters. The maximum Gasteiger partial charge on any atom is 0.181 e. The highest BCUT2D eigenvalue weighted by Crippen LogP contribution is 2.30. The molecule has 3 N–H and O–H groups in total. The van der Waals surface area contributed by atoms with Gasteiger partial charge in [0, 0.05) is 12.0 Å². The van der Waals surface area contributed by atoms with Crippen molar-refractivity contribution in [3.05, 3.63) is 34.8 Å². The zero-order valence-electron chi connectivity index (χ0n) is 9.48. The third-order valence-electron chi connectivity index (χ3n) is 2.77. The molecule has 1 aromatic carbocycles. The zero-order valence-corrected chi connectivity index (χ0v) is 11.1.